The molecule has 0 spiro atoms. The molecular weight excluding hydrogens is 288 g/mol. The van der Waals surface area contributed by atoms with E-state index in [-0.39, 0.29) is 11.5 Å². The average molecular weight is 304 g/mol. The number of carbonyl (C=O) groups is 1. The van der Waals surface area contributed by atoms with Gasteiger partial charge in [0.05, 0.1) is 18.5 Å². The van der Waals surface area contributed by atoms with Gasteiger partial charge in [0.15, 0.2) is 0 Å². The second-order valence-corrected chi connectivity index (χ2v) is 6.69. The molecule has 2 N–H and O–H groups in total. The molecule has 3 heterocycles. The van der Waals surface area contributed by atoms with Crippen molar-refractivity contribution in [2.75, 3.05) is 19.6 Å². The Labute approximate surface area is 125 Å². The molecule has 0 aromatic carbocycles. The Kier molecular flexibility index (Phi) is 3.04. The van der Waals surface area contributed by atoms with Crippen LogP contribution >= 0.6 is 11.3 Å². The summed E-state index contributed by atoms with van der Waals surface area (Å²) in [5, 5.41) is 3.58. The van der Waals surface area contributed by atoms with E-state index in [4.69, 9.17) is 0 Å². The molecule has 0 radical (unpaired) electrons. The normalized spacial score (nSPS) is 19.0. The fourth-order valence-electron chi connectivity index (χ4n) is 3.16. The van der Waals surface area contributed by atoms with Gasteiger partial charge in [-0.15, -0.1) is 11.3 Å². The largest absolute Gasteiger partial charge is 0.354 e. The van der Waals surface area contributed by atoms with Crippen molar-refractivity contribution >= 4 is 27.5 Å². The molecule has 0 unspecified atom stereocenters. The van der Waals surface area contributed by atoms with Gasteiger partial charge in [-0.25, -0.2) is 4.98 Å². The van der Waals surface area contributed by atoms with E-state index in [9.17, 15) is 9.59 Å². The number of amides is 1. The number of fused-ring (bicyclic) bond motifs is 3. The summed E-state index contributed by atoms with van der Waals surface area (Å²) in [5.41, 5.74) is 1.17. The second kappa shape index (κ2) is 4.92. The van der Waals surface area contributed by atoms with Crippen LogP contribution in [0.1, 0.15) is 22.7 Å². The minimum absolute atomic E-state index is 0.0276. The molecule has 1 fully saturated rings. The van der Waals surface area contributed by atoms with Crippen molar-refractivity contribution in [1.29, 1.82) is 0 Å². The standard InChI is InChI=1S/C14H16N4O2S/c19-11-7-18(5-4-15-11)6-10-16-13(20)12-8-2-1-3-9(8)21-14(12)17-10/h1-7H2,(H,15,19)(H,16,17,20). The molecule has 0 atom stereocenters. The Morgan fingerprint density at radius 3 is 3.05 bits per heavy atom. The van der Waals surface area contributed by atoms with Crippen molar-refractivity contribution in [3.63, 3.8) is 0 Å². The maximum atomic E-state index is 12.3. The number of hydrogen-bond acceptors (Lipinski definition) is 5. The van der Waals surface area contributed by atoms with E-state index in [1.165, 1.54) is 10.4 Å². The van der Waals surface area contributed by atoms with Crippen molar-refractivity contribution < 1.29 is 4.79 Å². The highest BCUT2D eigenvalue weighted by Gasteiger charge is 2.22. The van der Waals surface area contributed by atoms with Gasteiger partial charge in [0, 0.05) is 18.0 Å². The lowest BCUT2D eigenvalue weighted by atomic mass is 10.2. The van der Waals surface area contributed by atoms with E-state index in [2.05, 4.69) is 15.3 Å². The minimum atomic E-state index is -0.0316. The molecule has 21 heavy (non-hydrogen) atoms. The Hall–Kier alpha value is -1.73. The van der Waals surface area contributed by atoms with Gasteiger partial charge in [-0.05, 0) is 24.8 Å². The highest BCUT2D eigenvalue weighted by Crippen LogP contribution is 2.34. The lowest BCUT2D eigenvalue weighted by molar-refractivity contribution is -0.124. The number of rotatable bonds is 2. The van der Waals surface area contributed by atoms with Crippen LogP contribution in [0, 0.1) is 0 Å². The van der Waals surface area contributed by atoms with E-state index in [0.29, 0.717) is 25.5 Å². The third kappa shape index (κ3) is 2.26. The number of aromatic amines is 1. The fourth-order valence-corrected chi connectivity index (χ4v) is 4.44. The Morgan fingerprint density at radius 2 is 2.19 bits per heavy atom. The van der Waals surface area contributed by atoms with E-state index in [0.717, 1.165) is 36.0 Å². The third-order valence-corrected chi connectivity index (χ3v) is 5.30. The zero-order chi connectivity index (χ0) is 14.4. The predicted molar refractivity (Wildman–Crippen MR) is 80.6 cm³/mol. The number of hydrogen-bond donors (Lipinski definition) is 2. The van der Waals surface area contributed by atoms with Gasteiger partial charge in [0.25, 0.3) is 5.56 Å². The SMILES string of the molecule is O=C1CN(Cc2nc3sc4c(c3c(=O)[nH]2)CCC4)CCN1. The van der Waals surface area contributed by atoms with Crippen LogP contribution in [0.2, 0.25) is 0 Å². The van der Waals surface area contributed by atoms with Crippen LogP contribution in [0.15, 0.2) is 4.79 Å². The summed E-state index contributed by atoms with van der Waals surface area (Å²) < 4.78 is 0. The van der Waals surface area contributed by atoms with Gasteiger partial charge in [0.1, 0.15) is 10.7 Å². The Balaban J connectivity index is 1.67. The van der Waals surface area contributed by atoms with Gasteiger partial charge in [0.2, 0.25) is 5.91 Å². The molecule has 1 amide bonds. The molecule has 110 valence electrons. The van der Waals surface area contributed by atoms with E-state index in [1.54, 1.807) is 11.3 Å². The lowest BCUT2D eigenvalue weighted by Gasteiger charge is -2.25. The number of H-pyrrole nitrogens is 1. The van der Waals surface area contributed by atoms with Crippen LogP contribution in [-0.4, -0.2) is 40.4 Å². The van der Waals surface area contributed by atoms with Gasteiger partial charge < -0.3 is 10.3 Å². The topological polar surface area (TPSA) is 78.1 Å². The van der Waals surface area contributed by atoms with Crippen molar-refractivity contribution in [1.82, 2.24) is 20.2 Å². The second-order valence-electron chi connectivity index (χ2n) is 5.61. The predicted octanol–water partition coefficient (Wildman–Crippen LogP) is 0.405. The molecule has 6 nitrogen and oxygen atoms in total. The van der Waals surface area contributed by atoms with Gasteiger partial charge in [-0.2, -0.15) is 0 Å². The molecule has 1 aliphatic carbocycles. The van der Waals surface area contributed by atoms with Crippen LogP contribution in [0.5, 0.6) is 0 Å². The summed E-state index contributed by atoms with van der Waals surface area (Å²) in [4.78, 5) is 35.4. The van der Waals surface area contributed by atoms with Crippen LogP contribution in [0.3, 0.4) is 0 Å². The van der Waals surface area contributed by atoms with Gasteiger partial charge >= 0.3 is 0 Å². The zero-order valence-corrected chi connectivity index (χ0v) is 12.4. The van der Waals surface area contributed by atoms with Crippen LogP contribution in [0.4, 0.5) is 0 Å². The maximum Gasteiger partial charge on any atom is 0.259 e. The number of aryl methyl sites for hydroxylation is 2. The number of aromatic nitrogens is 2. The van der Waals surface area contributed by atoms with Crippen LogP contribution in [0.25, 0.3) is 10.2 Å². The average Bonchev–Trinajstić information content (AvgIpc) is 2.98. The smallest absolute Gasteiger partial charge is 0.259 e. The van der Waals surface area contributed by atoms with E-state index < -0.39 is 0 Å². The number of carbonyl (C=O) groups excluding carboxylic acids is 1. The van der Waals surface area contributed by atoms with Crippen LogP contribution in [-0.2, 0) is 24.2 Å². The summed E-state index contributed by atoms with van der Waals surface area (Å²) >= 11 is 1.65. The number of nitrogens with zero attached hydrogens (tertiary/aromatic N) is 2. The first-order valence-electron chi connectivity index (χ1n) is 7.23. The van der Waals surface area contributed by atoms with Gasteiger partial charge in [-0.3, -0.25) is 14.5 Å². The highest BCUT2D eigenvalue weighted by atomic mass is 32.1. The van der Waals surface area contributed by atoms with E-state index in [1.807, 2.05) is 4.90 Å². The monoisotopic (exact) mass is 304 g/mol. The van der Waals surface area contributed by atoms with Crippen molar-refractivity contribution in [3.8, 4) is 0 Å². The fraction of sp³-hybridized carbons (Fsp3) is 0.500. The van der Waals surface area contributed by atoms with Crippen molar-refractivity contribution in [2.24, 2.45) is 0 Å². The number of thiophene rings is 1. The zero-order valence-electron chi connectivity index (χ0n) is 11.6. The first kappa shape index (κ1) is 13.0. The Morgan fingerprint density at radius 1 is 1.29 bits per heavy atom. The molecule has 0 saturated carbocycles. The molecule has 1 aliphatic heterocycles. The molecule has 2 aromatic rings. The van der Waals surface area contributed by atoms with Crippen LogP contribution < -0.4 is 10.9 Å². The van der Waals surface area contributed by atoms with E-state index >= 15 is 0 Å². The molecule has 0 bridgehead atoms. The molecular formula is C14H16N4O2S. The molecule has 4 rings (SSSR count). The van der Waals surface area contributed by atoms with Gasteiger partial charge in [-0.1, -0.05) is 0 Å². The summed E-state index contributed by atoms with van der Waals surface area (Å²) in [6, 6.07) is 0. The first-order chi connectivity index (χ1) is 10.2. The summed E-state index contributed by atoms with van der Waals surface area (Å²) in [5.74, 6) is 0.682. The summed E-state index contributed by atoms with van der Waals surface area (Å²) in [7, 11) is 0. The number of piperazine rings is 1. The van der Waals surface area contributed by atoms with Crippen molar-refractivity contribution in [3.05, 3.63) is 26.6 Å². The first-order valence-corrected chi connectivity index (χ1v) is 8.05. The highest BCUT2D eigenvalue weighted by molar-refractivity contribution is 7.18. The molecule has 2 aromatic heterocycles. The summed E-state index contributed by atoms with van der Waals surface area (Å²) in [6.07, 6.45) is 3.20. The van der Waals surface area contributed by atoms with Crippen molar-refractivity contribution in [2.45, 2.75) is 25.8 Å². The Bertz CT molecular complexity index is 779. The molecule has 2 aliphatic rings. The third-order valence-electron chi connectivity index (χ3n) is 4.11. The summed E-state index contributed by atoms with van der Waals surface area (Å²) in [6.45, 7) is 2.32. The quantitative estimate of drug-likeness (QED) is 0.842. The molecule has 7 heteroatoms. The maximum absolute atomic E-state index is 12.3. The molecule has 1 saturated heterocycles. The minimum Gasteiger partial charge on any atom is -0.354 e. The lowest BCUT2D eigenvalue weighted by Crippen LogP contribution is -2.47. The number of nitrogens with one attached hydrogen (secondary N) is 2.